The zero-order valence-corrected chi connectivity index (χ0v) is 26.9. The van der Waals surface area contributed by atoms with Crippen LogP contribution in [0.2, 0.25) is 0 Å². The second kappa shape index (κ2) is 14.1. The van der Waals surface area contributed by atoms with Crippen molar-refractivity contribution in [2.45, 2.75) is 71.9 Å². The van der Waals surface area contributed by atoms with Crippen molar-refractivity contribution in [3.8, 4) is 28.4 Å². The Hall–Kier alpha value is -4.74. The molecule has 0 amide bonds. The van der Waals surface area contributed by atoms with E-state index < -0.39 is 52.3 Å². The lowest BCUT2D eigenvalue weighted by Crippen LogP contribution is -2.29. The zero-order chi connectivity index (χ0) is 34.4. The molecule has 0 aliphatic carbocycles. The van der Waals surface area contributed by atoms with Gasteiger partial charge in [0, 0.05) is 16.7 Å². The number of carbonyl (C=O) groups excluding carboxylic acids is 3. The molecular weight excluding hydrogens is 609 g/mol. The van der Waals surface area contributed by atoms with Gasteiger partial charge in [0.25, 0.3) is 0 Å². The molecule has 3 aromatic rings. The third-order valence-corrected chi connectivity index (χ3v) is 6.15. The molecule has 248 valence electrons. The highest BCUT2D eigenvalue weighted by Gasteiger charge is 2.40. The van der Waals surface area contributed by atoms with Gasteiger partial charge in [-0.05, 0) is 65.3 Å². The molecule has 0 aliphatic rings. The van der Waals surface area contributed by atoms with Gasteiger partial charge in [0.1, 0.15) is 34.9 Å². The molecule has 46 heavy (non-hydrogen) atoms. The van der Waals surface area contributed by atoms with Gasteiger partial charge in [-0.3, -0.25) is 4.79 Å². The van der Waals surface area contributed by atoms with E-state index in [-0.39, 0.29) is 18.6 Å². The van der Waals surface area contributed by atoms with E-state index in [1.807, 2.05) is 6.07 Å². The fourth-order valence-corrected chi connectivity index (χ4v) is 4.29. The third kappa shape index (κ3) is 9.63. The second-order valence-electron chi connectivity index (χ2n) is 12.1. The van der Waals surface area contributed by atoms with Crippen LogP contribution in [0.1, 0.15) is 68.6 Å². The van der Waals surface area contributed by atoms with Crippen LogP contribution in [-0.4, -0.2) is 43.5 Å². The first kappa shape index (κ1) is 35.7. The summed E-state index contributed by atoms with van der Waals surface area (Å²) >= 11 is 0. The molecule has 9 nitrogen and oxygen atoms in total. The Labute approximate surface area is 265 Å². The van der Waals surface area contributed by atoms with Crippen molar-refractivity contribution in [3.05, 3.63) is 76.9 Å². The van der Waals surface area contributed by atoms with Crippen molar-refractivity contribution in [1.82, 2.24) is 0 Å². The minimum absolute atomic E-state index is 0.0153. The van der Waals surface area contributed by atoms with Gasteiger partial charge in [-0.25, -0.2) is 9.59 Å². The van der Waals surface area contributed by atoms with Gasteiger partial charge in [0.05, 0.1) is 26.2 Å². The number of benzene rings is 3. The summed E-state index contributed by atoms with van der Waals surface area (Å²) in [6.07, 6.45) is -6.40. The lowest BCUT2D eigenvalue weighted by atomic mass is 9.99. The molecular formula is C34H37F3O9. The maximum atomic E-state index is 14.1. The predicted molar refractivity (Wildman–Crippen MR) is 162 cm³/mol. The molecule has 3 rings (SSSR count). The molecule has 0 fully saturated rings. The average molecular weight is 647 g/mol. The number of carbonyl (C=O) groups is 3. The highest BCUT2D eigenvalue weighted by atomic mass is 19.4. The maximum Gasteiger partial charge on any atom is 0.514 e. The van der Waals surface area contributed by atoms with Gasteiger partial charge >= 0.3 is 24.3 Å². The van der Waals surface area contributed by atoms with E-state index in [4.69, 9.17) is 28.4 Å². The van der Waals surface area contributed by atoms with Crippen LogP contribution in [0.15, 0.2) is 54.6 Å². The number of alkyl halides is 3. The lowest BCUT2D eigenvalue weighted by molar-refractivity contribution is -0.140. The monoisotopic (exact) mass is 646 g/mol. The standard InChI is InChI=1S/C34H37F3O9/c1-32(2,3)45-30(39)27-22(14-17-25(34(35,36)37)29(27)44-31(40)46-33(4,5)6)19-43-23-15-12-20(13-16-23)24-11-9-10-21(28(24)42-8)18-26(38)41-7/h9-17H,18-19H2,1-8H3. The molecule has 12 heteroatoms. The first-order valence-electron chi connectivity index (χ1n) is 14.2. The number of hydrogen-bond acceptors (Lipinski definition) is 9. The lowest BCUT2D eigenvalue weighted by Gasteiger charge is -2.24. The van der Waals surface area contributed by atoms with E-state index >= 15 is 0 Å². The van der Waals surface area contributed by atoms with Crippen molar-refractivity contribution in [3.63, 3.8) is 0 Å². The highest BCUT2D eigenvalue weighted by Crippen LogP contribution is 2.41. The molecule has 0 aromatic heterocycles. The maximum absolute atomic E-state index is 14.1. The van der Waals surface area contributed by atoms with Crippen molar-refractivity contribution >= 4 is 18.1 Å². The molecule has 0 N–H and O–H groups in total. The van der Waals surface area contributed by atoms with Crippen molar-refractivity contribution in [1.29, 1.82) is 0 Å². The first-order chi connectivity index (χ1) is 21.3. The molecule has 0 atom stereocenters. The SMILES string of the molecule is COC(=O)Cc1cccc(-c2ccc(OCc3ccc(C(F)(F)F)c(OC(=O)OC(C)(C)C)c3C(=O)OC(C)(C)C)cc2)c1OC. The van der Waals surface area contributed by atoms with E-state index in [0.29, 0.717) is 28.7 Å². The molecule has 0 aliphatic heterocycles. The minimum Gasteiger partial charge on any atom is -0.496 e. The summed E-state index contributed by atoms with van der Waals surface area (Å²) in [6.45, 7) is 8.80. The van der Waals surface area contributed by atoms with Gasteiger partial charge in [-0.2, -0.15) is 13.2 Å². The van der Waals surface area contributed by atoms with Crippen LogP contribution >= 0.6 is 0 Å². The van der Waals surface area contributed by atoms with Crippen LogP contribution in [0.4, 0.5) is 18.0 Å². The number of methoxy groups -OCH3 is 2. The largest absolute Gasteiger partial charge is 0.514 e. The van der Waals surface area contributed by atoms with Crippen LogP contribution in [0.25, 0.3) is 11.1 Å². The first-order valence-corrected chi connectivity index (χ1v) is 14.2. The molecule has 0 saturated heterocycles. The summed E-state index contributed by atoms with van der Waals surface area (Å²) in [5, 5.41) is 0. The molecule has 0 unspecified atom stereocenters. The minimum atomic E-state index is -4.99. The predicted octanol–water partition coefficient (Wildman–Crippen LogP) is 7.94. The van der Waals surface area contributed by atoms with Crippen LogP contribution in [0, 0.1) is 0 Å². The van der Waals surface area contributed by atoms with E-state index in [0.717, 1.165) is 11.6 Å². The summed E-state index contributed by atoms with van der Waals surface area (Å²) in [6, 6.07) is 13.8. The molecule has 0 radical (unpaired) electrons. The normalized spacial score (nSPS) is 11.8. The van der Waals surface area contributed by atoms with Crippen LogP contribution in [-0.2, 0) is 38.2 Å². The van der Waals surface area contributed by atoms with E-state index in [1.165, 1.54) is 35.0 Å². The van der Waals surface area contributed by atoms with Crippen LogP contribution in [0.3, 0.4) is 0 Å². The number of esters is 2. The topological polar surface area (TPSA) is 107 Å². The summed E-state index contributed by atoms with van der Waals surface area (Å²) in [5.74, 6) is -1.81. The van der Waals surface area contributed by atoms with Crippen LogP contribution < -0.4 is 14.2 Å². The quantitative estimate of drug-likeness (QED) is 0.130. The molecule has 0 heterocycles. The highest BCUT2D eigenvalue weighted by molar-refractivity contribution is 5.96. The fraction of sp³-hybridized carbons (Fsp3) is 0.382. The smallest absolute Gasteiger partial charge is 0.496 e. The number of ether oxygens (including phenoxy) is 6. The van der Waals surface area contributed by atoms with Crippen molar-refractivity contribution in [2.75, 3.05) is 14.2 Å². The van der Waals surface area contributed by atoms with E-state index in [9.17, 15) is 27.6 Å². The summed E-state index contributed by atoms with van der Waals surface area (Å²) in [7, 11) is 2.79. The Bertz CT molecular complexity index is 1560. The summed E-state index contributed by atoms with van der Waals surface area (Å²) in [5.41, 5.74) is -2.12. The Morgan fingerprint density at radius 2 is 1.37 bits per heavy atom. The average Bonchev–Trinajstić information content (AvgIpc) is 2.93. The van der Waals surface area contributed by atoms with Gasteiger partial charge < -0.3 is 28.4 Å². The fourth-order valence-electron chi connectivity index (χ4n) is 4.29. The molecule has 0 saturated carbocycles. The van der Waals surface area contributed by atoms with Gasteiger partial charge in [0.15, 0.2) is 5.75 Å². The van der Waals surface area contributed by atoms with Gasteiger partial charge in [0.2, 0.25) is 0 Å². The zero-order valence-electron chi connectivity index (χ0n) is 26.9. The van der Waals surface area contributed by atoms with Crippen molar-refractivity contribution < 1.29 is 56.0 Å². The Morgan fingerprint density at radius 1 is 0.739 bits per heavy atom. The number of rotatable bonds is 9. The summed E-state index contributed by atoms with van der Waals surface area (Å²) < 4.78 is 74.0. The van der Waals surface area contributed by atoms with Gasteiger partial charge in [-0.1, -0.05) is 36.4 Å². The van der Waals surface area contributed by atoms with Crippen LogP contribution in [0.5, 0.6) is 17.2 Å². The third-order valence-electron chi connectivity index (χ3n) is 6.15. The molecule has 3 aromatic carbocycles. The Kier molecular flexibility index (Phi) is 11.0. The molecule has 0 bridgehead atoms. The Balaban J connectivity index is 2.00. The summed E-state index contributed by atoms with van der Waals surface area (Å²) in [4.78, 5) is 37.7. The number of halogens is 3. The van der Waals surface area contributed by atoms with E-state index in [2.05, 4.69) is 0 Å². The van der Waals surface area contributed by atoms with Crippen molar-refractivity contribution in [2.24, 2.45) is 0 Å². The van der Waals surface area contributed by atoms with E-state index in [1.54, 1.807) is 57.2 Å². The van der Waals surface area contributed by atoms with Gasteiger partial charge in [-0.15, -0.1) is 0 Å². The Morgan fingerprint density at radius 3 is 1.91 bits per heavy atom. The number of hydrogen-bond donors (Lipinski definition) is 0. The number of para-hydroxylation sites is 1. The molecule has 0 spiro atoms. The second-order valence-corrected chi connectivity index (χ2v) is 12.1.